The molecule has 2 aliphatic heterocycles. The molecular weight excluding hydrogens is 438 g/mol. The topological polar surface area (TPSA) is 66.8 Å². The first-order valence-corrected chi connectivity index (χ1v) is 11.2. The molecule has 166 valence electrons. The van der Waals surface area contributed by atoms with Crippen LogP contribution < -0.4 is 9.64 Å². The van der Waals surface area contributed by atoms with Crippen LogP contribution >= 0.6 is 11.6 Å². The van der Waals surface area contributed by atoms with Gasteiger partial charge in [0.2, 0.25) is 0 Å². The Kier molecular flexibility index (Phi) is 5.43. The molecule has 0 aromatic heterocycles. The van der Waals surface area contributed by atoms with Gasteiger partial charge in [0.05, 0.1) is 18.2 Å². The van der Waals surface area contributed by atoms with E-state index >= 15 is 0 Å². The Morgan fingerprint density at radius 2 is 1.88 bits per heavy atom. The number of rotatable bonds is 3. The average molecular weight is 460 g/mol. The molecule has 3 aromatic carbocycles. The Bertz CT molecular complexity index is 1310. The number of aliphatic hydroxyl groups is 1. The lowest BCUT2D eigenvalue weighted by Crippen LogP contribution is -2.29. The average Bonchev–Trinajstić information content (AvgIpc) is 3.09. The van der Waals surface area contributed by atoms with Crippen molar-refractivity contribution in [1.82, 2.24) is 0 Å². The van der Waals surface area contributed by atoms with E-state index in [2.05, 4.69) is 0 Å². The first-order valence-electron chi connectivity index (χ1n) is 10.8. The third-order valence-electron chi connectivity index (χ3n) is 6.07. The number of halogens is 1. The third kappa shape index (κ3) is 3.79. The van der Waals surface area contributed by atoms with Crippen molar-refractivity contribution in [3.8, 4) is 5.75 Å². The zero-order chi connectivity index (χ0) is 23.1. The van der Waals surface area contributed by atoms with E-state index in [0.29, 0.717) is 22.9 Å². The maximum atomic E-state index is 13.3. The number of nitrogens with zero attached hydrogens (tertiary/aromatic N) is 1. The summed E-state index contributed by atoms with van der Waals surface area (Å²) in [5.74, 6) is -0.843. The lowest BCUT2D eigenvalue weighted by atomic mass is 9.93. The van der Waals surface area contributed by atoms with Crippen molar-refractivity contribution in [2.75, 3.05) is 11.5 Å². The quantitative estimate of drug-likeness (QED) is 0.314. The Morgan fingerprint density at radius 1 is 1.06 bits per heavy atom. The number of anilines is 1. The second-order valence-corrected chi connectivity index (χ2v) is 8.77. The molecule has 5 nitrogen and oxygen atoms in total. The van der Waals surface area contributed by atoms with E-state index in [0.717, 1.165) is 35.3 Å². The number of aliphatic hydroxyl groups excluding tert-OH is 1. The van der Waals surface area contributed by atoms with Crippen molar-refractivity contribution in [1.29, 1.82) is 0 Å². The highest BCUT2D eigenvalue weighted by molar-refractivity contribution is 6.51. The summed E-state index contributed by atoms with van der Waals surface area (Å²) < 4.78 is 5.67. The lowest BCUT2D eigenvalue weighted by molar-refractivity contribution is -0.132. The van der Waals surface area contributed by atoms with Gasteiger partial charge in [0, 0.05) is 16.3 Å². The van der Waals surface area contributed by atoms with Crippen molar-refractivity contribution < 1.29 is 19.4 Å². The lowest BCUT2D eigenvalue weighted by Gasteiger charge is -2.26. The van der Waals surface area contributed by atoms with Gasteiger partial charge in [-0.3, -0.25) is 14.5 Å². The molecule has 0 radical (unpaired) electrons. The molecule has 1 N–H and O–H groups in total. The Balaban J connectivity index is 1.71. The van der Waals surface area contributed by atoms with Gasteiger partial charge >= 0.3 is 0 Å². The van der Waals surface area contributed by atoms with Crippen LogP contribution in [0, 0.1) is 6.92 Å². The van der Waals surface area contributed by atoms with Crippen LogP contribution in [0.4, 0.5) is 5.69 Å². The number of hydrogen-bond donors (Lipinski definition) is 1. The predicted octanol–water partition coefficient (Wildman–Crippen LogP) is 5.60. The van der Waals surface area contributed by atoms with E-state index in [4.69, 9.17) is 16.3 Å². The fourth-order valence-electron chi connectivity index (χ4n) is 4.54. The molecule has 0 spiro atoms. The number of hydrogen-bond acceptors (Lipinski definition) is 4. The van der Waals surface area contributed by atoms with Crippen LogP contribution in [0.1, 0.15) is 34.7 Å². The summed E-state index contributed by atoms with van der Waals surface area (Å²) in [5.41, 5.74) is 3.73. The number of fused-ring (bicyclic) bond motifs is 1. The van der Waals surface area contributed by atoms with Gasteiger partial charge in [-0.25, -0.2) is 0 Å². The molecule has 5 rings (SSSR count). The van der Waals surface area contributed by atoms with E-state index in [1.165, 1.54) is 4.90 Å². The number of aryl methyl sites for hydroxylation is 2. The minimum atomic E-state index is -0.782. The molecule has 6 heteroatoms. The molecule has 0 aliphatic carbocycles. The van der Waals surface area contributed by atoms with E-state index in [1.54, 1.807) is 36.4 Å². The molecule has 1 fully saturated rings. The van der Waals surface area contributed by atoms with Gasteiger partial charge in [0.15, 0.2) is 0 Å². The number of benzene rings is 3. The minimum Gasteiger partial charge on any atom is -0.507 e. The van der Waals surface area contributed by atoms with Gasteiger partial charge in [0.1, 0.15) is 11.5 Å². The van der Waals surface area contributed by atoms with Gasteiger partial charge in [0.25, 0.3) is 11.7 Å². The highest BCUT2D eigenvalue weighted by atomic mass is 35.5. The zero-order valence-corrected chi connectivity index (χ0v) is 18.8. The summed E-state index contributed by atoms with van der Waals surface area (Å²) in [7, 11) is 0. The van der Waals surface area contributed by atoms with Crippen molar-refractivity contribution in [3.05, 3.63) is 99.6 Å². The summed E-state index contributed by atoms with van der Waals surface area (Å²) in [6.45, 7) is 2.61. The van der Waals surface area contributed by atoms with Crippen LogP contribution in [0.5, 0.6) is 5.75 Å². The smallest absolute Gasteiger partial charge is 0.300 e. The van der Waals surface area contributed by atoms with Gasteiger partial charge in [-0.2, -0.15) is 0 Å². The molecular formula is C27H22ClNO4. The van der Waals surface area contributed by atoms with E-state index in [9.17, 15) is 14.7 Å². The summed E-state index contributed by atoms with van der Waals surface area (Å²) in [6.07, 6.45) is 1.72. The zero-order valence-electron chi connectivity index (χ0n) is 18.0. The number of ether oxygens (including phenoxy) is 1. The fraction of sp³-hybridized carbons (Fsp3) is 0.185. The molecule has 1 atom stereocenters. The van der Waals surface area contributed by atoms with Crippen LogP contribution in [0.3, 0.4) is 0 Å². The van der Waals surface area contributed by atoms with Gasteiger partial charge in [-0.05, 0) is 67.3 Å². The van der Waals surface area contributed by atoms with E-state index < -0.39 is 17.7 Å². The minimum absolute atomic E-state index is 0.0576. The van der Waals surface area contributed by atoms with Crippen molar-refractivity contribution in [3.63, 3.8) is 0 Å². The van der Waals surface area contributed by atoms with Crippen molar-refractivity contribution in [2.45, 2.75) is 25.8 Å². The molecule has 3 aromatic rings. The Labute approximate surface area is 196 Å². The van der Waals surface area contributed by atoms with Crippen molar-refractivity contribution >= 4 is 34.7 Å². The van der Waals surface area contributed by atoms with Crippen LogP contribution in [-0.2, 0) is 16.0 Å². The van der Waals surface area contributed by atoms with Gasteiger partial charge < -0.3 is 9.84 Å². The first-order chi connectivity index (χ1) is 15.9. The van der Waals surface area contributed by atoms with Gasteiger partial charge in [-0.1, -0.05) is 47.5 Å². The van der Waals surface area contributed by atoms with Gasteiger partial charge in [-0.15, -0.1) is 0 Å². The molecule has 1 unspecified atom stereocenters. The largest absolute Gasteiger partial charge is 0.507 e. The van der Waals surface area contributed by atoms with Crippen molar-refractivity contribution in [2.24, 2.45) is 0 Å². The molecule has 0 saturated carbocycles. The summed E-state index contributed by atoms with van der Waals surface area (Å²) in [6, 6.07) is 19.0. The van der Waals surface area contributed by atoms with Crippen LogP contribution in [0.25, 0.3) is 5.76 Å². The normalized spacial score (nSPS) is 19.3. The molecule has 1 amide bonds. The Hall–Kier alpha value is -3.57. The maximum absolute atomic E-state index is 13.3. The molecule has 2 heterocycles. The number of carbonyl (C=O) groups is 2. The molecule has 0 bridgehead atoms. The number of Topliss-reactive ketones (excluding diaryl/α,β-unsaturated/α-hetero) is 1. The summed E-state index contributed by atoms with van der Waals surface area (Å²) in [4.78, 5) is 27.9. The fourth-order valence-corrected chi connectivity index (χ4v) is 4.73. The number of ketones is 1. The predicted molar refractivity (Wildman–Crippen MR) is 128 cm³/mol. The standard InChI is InChI=1S/C27H22ClNO4/c1-16-5-2-6-18(13-16)24-23(25(30)19-10-11-22-17(14-19)7-4-12-33-22)26(31)27(32)29(24)21-9-3-8-20(28)15-21/h2-3,5-6,8-11,13-15,24,30H,4,7,12H2,1H3/b25-23-. The highest BCUT2D eigenvalue weighted by Gasteiger charge is 2.47. The monoisotopic (exact) mass is 459 g/mol. The van der Waals surface area contributed by atoms with Crippen LogP contribution in [-0.4, -0.2) is 23.4 Å². The number of amides is 1. The second kappa shape index (κ2) is 8.41. The number of carbonyl (C=O) groups excluding carboxylic acids is 2. The molecule has 33 heavy (non-hydrogen) atoms. The maximum Gasteiger partial charge on any atom is 0.300 e. The van der Waals surface area contributed by atoms with Crippen LogP contribution in [0.2, 0.25) is 5.02 Å². The highest BCUT2D eigenvalue weighted by Crippen LogP contribution is 2.43. The Morgan fingerprint density at radius 3 is 2.67 bits per heavy atom. The SMILES string of the molecule is Cc1cccc(C2/C(=C(/O)c3ccc4c(c3)CCCO4)C(=O)C(=O)N2c2cccc(Cl)c2)c1. The molecule has 1 saturated heterocycles. The first kappa shape index (κ1) is 21.3. The summed E-state index contributed by atoms with van der Waals surface area (Å²) >= 11 is 6.19. The third-order valence-corrected chi connectivity index (χ3v) is 6.31. The van der Waals surface area contributed by atoms with Crippen LogP contribution in [0.15, 0.2) is 72.3 Å². The van der Waals surface area contributed by atoms with E-state index in [-0.39, 0.29) is 11.3 Å². The second-order valence-electron chi connectivity index (χ2n) is 8.34. The van der Waals surface area contributed by atoms with E-state index in [1.807, 2.05) is 37.3 Å². The molecule has 2 aliphatic rings. The summed E-state index contributed by atoms with van der Waals surface area (Å²) in [5, 5.41) is 11.8.